The van der Waals surface area contributed by atoms with Crippen molar-refractivity contribution in [1.29, 1.82) is 0 Å². The molecule has 1 saturated heterocycles. The summed E-state index contributed by atoms with van der Waals surface area (Å²) in [4.78, 5) is 27.1. The largest absolute Gasteiger partial charge is 0.507 e. The second-order valence-corrected chi connectivity index (χ2v) is 7.57. The lowest BCUT2D eigenvalue weighted by Crippen LogP contribution is -2.32. The molecule has 0 aromatic heterocycles. The number of Topliss-reactive ketones (excluding diaryl/α,β-unsaturated/α-hetero) is 1. The summed E-state index contributed by atoms with van der Waals surface area (Å²) in [5, 5.41) is 11.9. The van der Waals surface area contributed by atoms with E-state index in [4.69, 9.17) is 37.4 Å². The molecule has 1 heterocycles. The molecule has 3 rings (SSSR count). The number of benzene rings is 2. The molecule has 7 nitrogen and oxygen atoms in total. The molecule has 9 heteroatoms. The third kappa shape index (κ3) is 4.35. The highest BCUT2D eigenvalue weighted by atomic mass is 35.5. The molecular formula is C22H21Cl2NO6. The van der Waals surface area contributed by atoms with Crippen LogP contribution < -0.4 is 9.47 Å². The zero-order valence-corrected chi connectivity index (χ0v) is 18.7. The number of rotatable bonds is 7. The minimum Gasteiger partial charge on any atom is -0.507 e. The lowest BCUT2D eigenvalue weighted by molar-refractivity contribution is -0.140. The van der Waals surface area contributed by atoms with Crippen molar-refractivity contribution in [3.05, 3.63) is 63.1 Å². The van der Waals surface area contributed by atoms with E-state index in [-0.39, 0.29) is 35.1 Å². The van der Waals surface area contributed by atoms with Gasteiger partial charge in [-0.2, -0.15) is 0 Å². The van der Waals surface area contributed by atoms with E-state index in [9.17, 15) is 14.7 Å². The maximum absolute atomic E-state index is 13.0. The quantitative estimate of drug-likeness (QED) is 0.376. The average Bonchev–Trinajstić information content (AvgIpc) is 3.02. The van der Waals surface area contributed by atoms with Gasteiger partial charge in [-0.25, -0.2) is 0 Å². The van der Waals surface area contributed by atoms with Gasteiger partial charge in [-0.3, -0.25) is 9.59 Å². The predicted octanol–water partition coefficient (Wildman–Crippen LogP) is 4.08. The Balaban J connectivity index is 2.23. The molecule has 0 saturated carbocycles. The molecule has 1 N–H and O–H groups in total. The summed E-state index contributed by atoms with van der Waals surface area (Å²) >= 11 is 12.2. The molecule has 2 aromatic rings. The Morgan fingerprint density at radius 2 is 1.68 bits per heavy atom. The number of amides is 1. The fourth-order valence-corrected chi connectivity index (χ4v) is 3.85. The highest BCUT2D eigenvalue weighted by molar-refractivity contribution is 6.46. The molecule has 1 amide bonds. The van der Waals surface area contributed by atoms with E-state index >= 15 is 0 Å². The maximum atomic E-state index is 13.0. The lowest BCUT2D eigenvalue weighted by Gasteiger charge is -2.25. The average molecular weight is 466 g/mol. The Bertz CT molecular complexity index is 1040. The number of carbonyl (C=O) groups excluding carboxylic acids is 2. The van der Waals surface area contributed by atoms with Crippen LogP contribution in [0.5, 0.6) is 11.5 Å². The van der Waals surface area contributed by atoms with Crippen molar-refractivity contribution in [2.45, 2.75) is 6.04 Å². The van der Waals surface area contributed by atoms with E-state index in [2.05, 4.69) is 0 Å². The van der Waals surface area contributed by atoms with Crippen LogP contribution in [0.15, 0.2) is 42.0 Å². The zero-order valence-electron chi connectivity index (χ0n) is 17.1. The van der Waals surface area contributed by atoms with E-state index in [1.54, 1.807) is 24.3 Å². The number of nitrogens with zero attached hydrogens (tertiary/aromatic N) is 1. The number of aliphatic hydroxyl groups is 1. The van der Waals surface area contributed by atoms with Crippen LogP contribution in [0.4, 0.5) is 0 Å². The molecule has 31 heavy (non-hydrogen) atoms. The van der Waals surface area contributed by atoms with E-state index in [1.807, 2.05) is 0 Å². The van der Waals surface area contributed by atoms with Gasteiger partial charge in [0.15, 0.2) is 0 Å². The SMILES string of the molecule is COCCN1C(=O)C(=O)/C(=C(/O)c2cc(Cl)c(OC)cc2OC)C1c1ccc(Cl)cc1. The Kier molecular flexibility index (Phi) is 7.10. The number of methoxy groups -OCH3 is 3. The lowest BCUT2D eigenvalue weighted by atomic mass is 9.95. The van der Waals surface area contributed by atoms with Gasteiger partial charge in [-0.05, 0) is 23.8 Å². The molecule has 0 spiro atoms. The van der Waals surface area contributed by atoms with Crippen molar-refractivity contribution in [3.8, 4) is 11.5 Å². The minimum atomic E-state index is -0.835. The first-order valence-corrected chi connectivity index (χ1v) is 10.0. The fraction of sp³-hybridized carbons (Fsp3) is 0.273. The van der Waals surface area contributed by atoms with Crippen LogP contribution in [-0.2, 0) is 14.3 Å². The first kappa shape index (κ1) is 22.9. The van der Waals surface area contributed by atoms with E-state index in [1.165, 1.54) is 38.4 Å². The predicted molar refractivity (Wildman–Crippen MR) is 117 cm³/mol. The van der Waals surface area contributed by atoms with Gasteiger partial charge in [0.05, 0.1) is 43.0 Å². The highest BCUT2D eigenvalue weighted by Crippen LogP contribution is 2.43. The Hall–Kier alpha value is -2.74. The summed E-state index contributed by atoms with van der Waals surface area (Å²) in [6.45, 7) is 0.375. The van der Waals surface area contributed by atoms with Gasteiger partial charge < -0.3 is 24.2 Å². The topological polar surface area (TPSA) is 85.3 Å². The van der Waals surface area contributed by atoms with Crippen LogP contribution >= 0.6 is 23.2 Å². The number of halogens is 2. The van der Waals surface area contributed by atoms with Crippen LogP contribution in [0, 0.1) is 0 Å². The molecular weight excluding hydrogens is 445 g/mol. The molecule has 1 fully saturated rings. The number of ether oxygens (including phenoxy) is 3. The van der Waals surface area contributed by atoms with Crippen molar-refractivity contribution in [2.24, 2.45) is 0 Å². The van der Waals surface area contributed by atoms with E-state index in [0.717, 1.165) is 0 Å². The summed E-state index contributed by atoms with van der Waals surface area (Å²) in [5.41, 5.74) is 0.694. The standard InChI is InChI=1S/C22H21Cl2NO6/c1-29-9-8-25-19(12-4-6-13(23)7-5-12)18(21(27)22(25)28)20(26)14-10-15(24)17(31-3)11-16(14)30-2/h4-7,10-11,19,26H,8-9H2,1-3H3/b20-18+. The summed E-state index contributed by atoms with van der Waals surface area (Å²) in [6.07, 6.45) is 0. The van der Waals surface area contributed by atoms with E-state index in [0.29, 0.717) is 16.3 Å². The van der Waals surface area contributed by atoms with Crippen LogP contribution in [0.25, 0.3) is 5.76 Å². The molecule has 1 aliphatic heterocycles. The monoisotopic (exact) mass is 465 g/mol. The summed E-state index contributed by atoms with van der Waals surface area (Å²) in [7, 11) is 4.35. The second-order valence-electron chi connectivity index (χ2n) is 6.72. The number of hydrogen-bond acceptors (Lipinski definition) is 6. The van der Waals surface area contributed by atoms with Gasteiger partial charge in [0.2, 0.25) is 0 Å². The zero-order chi connectivity index (χ0) is 22.7. The van der Waals surface area contributed by atoms with Crippen molar-refractivity contribution in [2.75, 3.05) is 34.5 Å². The Labute approximate surface area is 189 Å². The number of ketones is 1. The van der Waals surface area contributed by atoms with Gasteiger partial charge in [0.1, 0.15) is 17.3 Å². The normalized spacial score (nSPS) is 17.8. The summed E-state index contributed by atoms with van der Waals surface area (Å²) in [5.74, 6) is -1.39. The van der Waals surface area contributed by atoms with Crippen molar-refractivity contribution >= 4 is 40.7 Å². The highest BCUT2D eigenvalue weighted by Gasteiger charge is 2.46. The Morgan fingerprint density at radius 1 is 1.03 bits per heavy atom. The van der Waals surface area contributed by atoms with Crippen LogP contribution in [0.1, 0.15) is 17.2 Å². The number of carbonyl (C=O) groups is 2. The second kappa shape index (κ2) is 9.60. The minimum absolute atomic E-state index is 0.0806. The van der Waals surface area contributed by atoms with Gasteiger partial charge >= 0.3 is 0 Å². The fourth-order valence-electron chi connectivity index (χ4n) is 3.48. The number of hydrogen-bond donors (Lipinski definition) is 1. The van der Waals surface area contributed by atoms with Crippen molar-refractivity contribution in [1.82, 2.24) is 4.90 Å². The van der Waals surface area contributed by atoms with Crippen LogP contribution in [-0.4, -0.2) is 56.2 Å². The van der Waals surface area contributed by atoms with Gasteiger partial charge in [-0.1, -0.05) is 35.3 Å². The first-order chi connectivity index (χ1) is 14.8. The number of aliphatic hydroxyl groups excluding tert-OH is 1. The van der Waals surface area contributed by atoms with Gasteiger partial charge in [0.25, 0.3) is 11.7 Å². The van der Waals surface area contributed by atoms with Gasteiger partial charge in [-0.15, -0.1) is 0 Å². The molecule has 1 aliphatic rings. The summed E-state index contributed by atoms with van der Waals surface area (Å²) < 4.78 is 15.6. The van der Waals surface area contributed by atoms with Crippen molar-refractivity contribution < 1.29 is 28.9 Å². The third-order valence-corrected chi connectivity index (χ3v) is 5.54. The maximum Gasteiger partial charge on any atom is 0.295 e. The molecule has 2 aromatic carbocycles. The molecule has 0 radical (unpaired) electrons. The number of likely N-dealkylation sites (tertiary alicyclic amines) is 1. The Morgan fingerprint density at radius 3 is 2.26 bits per heavy atom. The molecule has 0 aliphatic carbocycles. The third-order valence-electron chi connectivity index (χ3n) is 4.99. The smallest absolute Gasteiger partial charge is 0.295 e. The van der Waals surface area contributed by atoms with Crippen molar-refractivity contribution in [3.63, 3.8) is 0 Å². The first-order valence-electron chi connectivity index (χ1n) is 9.28. The molecule has 1 unspecified atom stereocenters. The summed E-state index contributed by atoms with van der Waals surface area (Å²) in [6, 6.07) is 8.79. The van der Waals surface area contributed by atoms with Gasteiger partial charge in [0, 0.05) is 24.7 Å². The molecule has 0 bridgehead atoms. The molecule has 1 atom stereocenters. The molecule has 164 valence electrons. The van der Waals surface area contributed by atoms with E-state index < -0.39 is 23.5 Å². The van der Waals surface area contributed by atoms with Crippen LogP contribution in [0.2, 0.25) is 10.0 Å². The van der Waals surface area contributed by atoms with Crippen LogP contribution in [0.3, 0.4) is 0 Å².